The average Bonchev–Trinajstić information content (AvgIpc) is 2.52. The predicted molar refractivity (Wildman–Crippen MR) is 86.8 cm³/mol. The molecule has 5 heteroatoms. The molecule has 118 valence electrons. The lowest BCUT2D eigenvalue weighted by molar-refractivity contribution is 0.351. The first-order valence-corrected chi connectivity index (χ1v) is 9.40. The number of benzene rings is 1. The van der Waals surface area contributed by atoms with Gasteiger partial charge >= 0.3 is 0 Å². The molecule has 0 amide bonds. The van der Waals surface area contributed by atoms with Crippen molar-refractivity contribution in [2.75, 3.05) is 25.9 Å². The molecule has 0 bridgehead atoms. The number of rotatable bonds is 7. The number of nitrogens with one attached hydrogen (secondary N) is 1. The number of nitrogens with zero attached hydrogens (tertiary/aromatic N) is 1. The third-order valence-electron chi connectivity index (χ3n) is 4.17. The summed E-state index contributed by atoms with van der Waals surface area (Å²) in [6.45, 7) is 1.67. The Labute approximate surface area is 128 Å². The molecule has 1 N–H and O–H groups in total. The highest BCUT2D eigenvalue weighted by molar-refractivity contribution is 7.89. The van der Waals surface area contributed by atoms with Crippen LogP contribution in [0, 0.1) is 0 Å². The van der Waals surface area contributed by atoms with Gasteiger partial charge in [0, 0.05) is 19.6 Å². The van der Waals surface area contributed by atoms with Crippen LogP contribution in [0.3, 0.4) is 0 Å². The molecule has 1 aliphatic rings. The van der Waals surface area contributed by atoms with E-state index >= 15 is 0 Å². The molecule has 1 unspecified atom stereocenters. The van der Waals surface area contributed by atoms with E-state index in [0.29, 0.717) is 19.0 Å². The molecule has 0 radical (unpaired) electrons. The van der Waals surface area contributed by atoms with E-state index in [-0.39, 0.29) is 5.75 Å². The van der Waals surface area contributed by atoms with Gasteiger partial charge in [-0.2, -0.15) is 0 Å². The smallest absolute Gasteiger partial charge is 0.214 e. The monoisotopic (exact) mass is 310 g/mol. The van der Waals surface area contributed by atoms with Crippen molar-refractivity contribution in [3.05, 3.63) is 35.9 Å². The van der Waals surface area contributed by atoms with Crippen molar-refractivity contribution in [3.63, 3.8) is 0 Å². The van der Waals surface area contributed by atoms with E-state index in [9.17, 15) is 8.42 Å². The minimum atomic E-state index is -3.15. The Morgan fingerprint density at radius 3 is 2.67 bits per heavy atom. The fraction of sp³-hybridized carbons (Fsp3) is 0.625. The van der Waals surface area contributed by atoms with Crippen molar-refractivity contribution in [1.29, 1.82) is 0 Å². The fourth-order valence-corrected chi connectivity index (χ4v) is 3.88. The van der Waals surface area contributed by atoms with Gasteiger partial charge in [0.25, 0.3) is 0 Å². The van der Waals surface area contributed by atoms with Crippen LogP contribution in [0.25, 0.3) is 0 Å². The molecule has 0 aliphatic carbocycles. The first-order chi connectivity index (χ1) is 10.1. The zero-order valence-corrected chi connectivity index (χ0v) is 13.6. The zero-order chi connectivity index (χ0) is 15.1. The van der Waals surface area contributed by atoms with Crippen molar-refractivity contribution < 1.29 is 8.42 Å². The van der Waals surface area contributed by atoms with E-state index in [2.05, 4.69) is 5.32 Å². The third kappa shape index (κ3) is 5.41. The first kappa shape index (κ1) is 16.5. The van der Waals surface area contributed by atoms with Crippen LogP contribution < -0.4 is 5.32 Å². The highest BCUT2D eigenvalue weighted by Crippen LogP contribution is 2.12. The molecule has 4 nitrogen and oxygen atoms in total. The molecule has 0 aromatic heterocycles. The first-order valence-electron chi connectivity index (χ1n) is 7.79. The summed E-state index contributed by atoms with van der Waals surface area (Å²) >= 11 is 0. The topological polar surface area (TPSA) is 49.4 Å². The second-order valence-corrected chi connectivity index (χ2v) is 8.00. The van der Waals surface area contributed by atoms with Gasteiger partial charge in [0.15, 0.2) is 0 Å². The van der Waals surface area contributed by atoms with E-state index in [1.54, 1.807) is 7.05 Å². The number of aryl methyl sites for hydroxylation is 1. The zero-order valence-electron chi connectivity index (χ0n) is 12.8. The van der Waals surface area contributed by atoms with E-state index in [1.807, 2.05) is 30.3 Å². The normalized spacial score (nSPS) is 19.8. The number of sulfonamides is 1. The SMILES string of the molecule is CN(CCC1CCCCN1)S(=O)(=O)CCc1ccccc1. The lowest BCUT2D eigenvalue weighted by Gasteiger charge is -2.25. The summed E-state index contributed by atoms with van der Waals surface area (Å²) in [7, 11) is -1.46. The van der Waals surface area contributed by atoms with Gasteiger partial charge in [-0.15, -0.1) is 0 Å². The number of piperidine rings is 1. The quantitative estimate of drug-likeness (QED) is 0.838. The van der Waals surface area contributed by atoms with Crippen molar-refractivity contribution in [1.82, 2.24) is 9.62 Å². The van der Waals surface area contributed by atoms with Gasteiger partial charge in [0.05, 0.1) is 5.75 Å². The van der Waals surface area contributed by atoms with Crippen molar-refractivity contribution in [3.8, 4) is 0 Å². The van der Waals surface area contributed by atoms with Gasteiger partial charge in [0.1, 0.15) is 0 Å². The van der Waals surface area contributed by atoms with Gasteiger partial charge in [-0.05, 0) is 37.8 Å². The summed E-state index contributed by atoms with van der Waals surface area (Å²) in [4.78, 5) is 0. The summed E-state index contributed by atoms with van der Waals surface area (Å²) < 4.78 is 26.1. The summed E-state index contributed by atoms with van der Waals surface area (Å²) in [6.07, 6.45) is 5.14. The Bertz CT molecular complexity index is 510. The Kier molecular flexibility index (Phi) is 6.21. The average molecular weight is 310 g/mol. The van der Waals surface area contributed by atoms with Crippen LogP contribution in [-0.4, -0.2) is 44.7 Å². The van der Waals surface area contributed by atoms with Crippen LogP contribution >= 0.6 is 0 Å². The largest absolute Gasteiger partial charge is 0.314 e. The van der Waals surface area contributed by atoms with E-state index in [0.717, 1.165) is 24.9 Å². The highest BCUT2D eigenvalue weighted by Gasteiger charge is 2.20. The standard InChI is InChI=1S/C16H26N2O2S/c1-18(13-10-16-9-5-6-12-17-16)21(19,20)14-11-15-7-3-2-4-8-15/h2-4,7-8,16-17H,5-6,9-14H2,1H3. The van der Waals surface area contributed by atoms with Gasteiger partial charge in [-0.3, -0.25) is 0 Å². The molecule has 1 aromatic rings. The van der Waals surface area contributed by atoms with Crippen molar-refractivity contribution >= 4 is 10.0 Å². The van der Waals surface area contributed by atoms with Gasteiger partial charge in [0.2, 0.25) is 10.0 Å². The summed E-state index contributed by atoms with van der Waals surface area (Å²) in [5, 5.41) is 3.46. The van der Waals surface area contributed by atoms with Crippen LogP contribution in [-0.2, 0) is 16.4 Å². The van der Waals surface area contributed by atoms with E-state index in [1.165, 1.54) is 17.1 Å². The Morgan fingerprint density at radius 1 is 1.24 bits per heavy atom. The fourth-order valence-electron chi connectivity index (χ4n) is 2.69. The van der Waals surface area contributed by atoms with Crippen LogP contribution in [0.1, 0.15) is 31.2 Å². The minimum Gasteiger partial charge on any atom is -0.314 e. The van der Waals surface area contributed by atoms with Crippen molar-refractivity contribution in [2.24, 2.45) is 0 Å². The Hall–Kier alpha value is -0.910. The number of hydrogen-bond donors (Lipinski definition) is 1. The van der Waals surface area contributed by atoms with Crippen molar-refractivity contribution in [2.45, 2.75) is 38.1 Å². The molecule has 1 heterocycles. The maximum atomic E-state index is 12.3. The molecule has 1 fully saturated rings. The molecular formula is C16H26N2O2S. The second kappa shape index (κ2) is 7.92. The summed E-state index contributed by atoms with van der Waals surface area (Å²) in [5.74, 6) is 0.186. The summed E-state index contributed by atoms with van der Waals surface area (Å²) in [5.41, 5.74) is 1.07. The summed E-state index contributed by atoms with van der Waals surface area (Å²) in [6, 6.07) is 10.3. The number of hydrogen-bond acceptors (Lipinski definition) is 3. The molecule has 0 saturated carbocycles. The second-order valence-electron chi connectivity index (χ2n) is 5.81. The minimum absolute atomic E-state index is 0.186. The molecule has 2 rings (SSSR count). The molecule has 1 saturated heterocycles. The van der Waals surface area contributed by atoms with Gasteiger partial charge < -0.3 is 5.32 Å². The molecule has 1 atom stereocenters. The lowest BCUT2D eigenvalue weighted by Crippen LogP contribution is -2.38. The maximum Gasteiger partial charge on any atom is 0.214 e. The van der Waals surface area contributed by atoms with Crippen LogP contribution in [0.2, 0.25) is 0 Å². The molecular weight excluding hydrogens is 284 g/mol. The van der Waals surface area contributed by atoms with Crippen LogP contribution in [0.15, 0.2) is 30.3 Å². The maximum absolute atomic E-state index is 12.3. The molecule has 0 spiro atoms. The van der Waals surface area contributed by atoms with Crippen LogP contribution in [0.4, 0.5) is 0 Å². The molecule has 21 heavy (non-hydrogen) atoms. The Balaban J connectivity index is 1.78. The molecule has 1 aliphatic heterocycles. The van der Waals surface area contributed by atoms with Gasteiger partial charge in [-0.25, -0.2) is 12.7 Å². The predicted octanol–water partition coefficient (Wildman–Crippen LogP) is 2.02. The van der Waals surface area contributed by atoms with E-state index < -0.39 is 10.0 Å². The Morgan fingerprint density at radius 2 is 2.00 bits per heavy atom. The van der Waals surface area contributed by atoms with E-state index in [4.69, 9.17) is 0 Å². The third-order valence-corrected chi connectivity index (χ3v) is 6.02. The molecule has 1 aromatic carbocycles. The highest BCUT2D eigenvalue weighted by atomic mass is 32.2. The van der Waals surface area contributed by atoms with Crippen LogP contribution in [0.5, 0.6) is 0 Å². The lowest BCUT2D eigenvalue weighted by atomic mass is 10.0. The van der Waals surface area contributed by atoms with Gasteiger partial charge in [-0.1, -0.05) is 36.8 Å².